The molecular formula is C40H81N6O12Si4. The van der Waals surface area contributed by atoms with E-state index >= 15 is 0 Å². The lowest BCUT2D eigenvalue weighted by Crippen LogP contribution is -2.55. The molecule has 6 bridgehead atoms. The van der Waals surface area contributed by atoms with Crippen molar-refractivity contribution in [3.05, 3.63) is 0 Å². The van der Waals surface area contributed by atoms with Gasteiger partial charge in [0.25, 0.3) is 0 Å². The Labute approximate surface area is 377 Å². The minimum absolute atomic E-state index is 0.168. The molecule has 22 heteroatoms. The minimum Gasteiger partial charge on any atom is -0.395 e. The van der Waals surface area contributed by atoms with E-state index in [1.165, 1.54) is 0 Å². The van der Waals surface area contributed by atoms with Crippen LogP contribution >= 0.6 is 0 Å². The van der Waals surface area contributed by atoms with Crippen LogP contribution < -0.4 is 0 Å². The number of rotatable bonds is 23. The lowest BCUT2D eigenvalue weighted by Gasteiger charge is -2.39. The third-order valence-electron chi connectivity index (χ3n) is 13.2. The zero-order valence-electron chi connectivity index (χ0n) is 37.9. The van der Waals surface area contributed by atoms with Gasteiger partial charge in [0.2, 0.25) is 0 Å². The van der Waals surface area contributed by atoms with Crippen LogP contribution in [0.1, 0.15) is 38.5 Å². The van der Waals surface area contributed by atoms with Crippen molar-refractivity contribution in [2.24, 2.45) is 0 Å². The molecule has 0 aliphatic carbocycles. The molecule has 62 heavy (non-hydrogen) atoms. The molecule has 18 nitrogen and oxygen atoms in total. The molecule has 0 spiro atoms. The number of hydrogen-bond donors (Lipinski definition) is 1. The lowest BCUT2D eigenvalue weighted by atomic mass is 10.2. The maximum Gasteiger partial charge on any atom is 0.501 e. The van der Waals surface area contributed by atoms with E-state index in [9.17, 15) is 5.11 Å². The summed E-state index contributed by atoms with van der Waals surface area (Å²) in [5.74, 6) is 0. The van der Waals surface area contributed by atoms with E-state index < -0.39 is 35.7 Å². The fourth-order valence-electron chi connectivity index (χ4n) is 9.59. The number of fused-ring (bicyclic) bond motifs is 18. The van der Waals surface area contributed by atoms with Crippen LogP contribution in [0.3, 0.4) is 0 Å². The second-order valence-electron chi connectivity index (χ2n) is 17.6. The van der Waals surface area contributed by atoms with Crippen LogP contribution in [-0.4, -0.2) is 267 Å². The van der Waals surface area contributed by atoms with Crippen molar-refractivity contribution >= 4 is 35.7 Å². The fraction of sp³-hybridized carbons (Fsp3) is 1.00. The Bertz CT molecular complexity index is 1120. The summed E-state index contributed by atoms with van der Waals surface area (Å²) in [7, 11) is -9.35. The fourth-order valence-corrected chi connectivity index (χ4v) is 18.5. The van der Waals surface area contributed by atoms with Gasteiger partial charge in [-0.1, -0.05) is 0 Å². The summed E-state index contributed by atoms with van der Waals surface area (Å²) in [6.45, 7) is 24.9. The molecule has 0 amide bonds. The highest BCUT2D eigenvalue weighted by Gasteiger charge is 2.46. The summed E-state index contributed by atoms with van der Waals surface area (Å²) in [5.41, 5.74) is 0. The van der Waals surface area contributed by atoms with Gasteiger partial charge in [-0.2, -0.15) is 0 Å². The standard InChI is InChI=1S/C40H81N6O12Si4/c47-25-13-43-14-26-48-59(49-27-15-43)37-3-9-41(10-4-38-60-50-28-16-44(17-29-51-60)18-30-52-60)7-1-2-8-42(11-5-39-61-53-31-19-45(20-32-54-61)21-33-55-61)12-6-40-62-56-34-22-46(23-35-57-62)24-36-58-62/h47H,1-40H2. The van der Waals surface area contributed by atoms with Crippen LogP contribution in [0.25, 0.3) is 0 Å². The molecule has 10 heterocycles. The van der Waals surface area contributed by atoms with E-state index in [2.05, 4.69) is 29.4 Å². The quantitative estimate of drug-likeness (QED) is 0.114. The average Bonchev–Trinajstić information content (AvgIpc) is 3.18. The molecular weight excluding hydrogens is 869 g/mol. The maximum absolute atomic E-state index is 9.38. The molecule has 1 N–H and O–H groups in total. The number of unbranched alkanes of at least 4 members (excludes halogenated alkanes) is 1. The van der Waals surface area contributed by atoms with Gasteiger partial charge in [-0.15, -0.1) is 0 Å². The molecule has 0 saturated carbocycles. The van der Waals surface area contributed by atoms with Gasteiger partial charge >= 0.3 is 35.7 Å². The van der Waals surface area contributed by atoms with Crippen LogP contribution in [0.4, 0.5) is 0 Å². The molecule has 1 radical (unpaired) electrons. The van der Waals surface area contributed by atoms with Gasteiger partial charge in [-0.25, -0.2) is 0 Å². The summed E-state index contributed by atoms with van der Waals surface area (Å²) in [6.07, 6.45) is 6.28. The Hall–Kier alpha value is 0.148. The predicted octanol–water partition coefficient (Wildman–Crippen LogP) is 0.714. The molecule has 10 saturated heterocycles. The summed E-state index contributed by atoms with van der Waals surface area (Å²) >= 11 is 0. The van der Waals surface area contributed by atoms with E-state index in [0.29, 0.717) is 79.2 Å². The average molecular weight is 950 g/mol. The molecule has 10 rings (SSSR count). The summed E-state index contributed by atoms with van der Waals surface area (Å²) in [5, 5.41) is 9.38. The second-order valence-corrected chi connectivity index (χ2v) is 27.7. The second kappa shape index (κ2) is 27.2. The highest BCUT2D eigenvalue weighted by atomic mass is 28.4. The Kier molecular flexibility index (Phi) is 22.0. The van der Waals surface area contributed by atoms with Crippen LogP contribution in [0, 0.1) is 0 Å². The Morgan fingerprint density at radius 3 is 1.02 bits per heavy atom. The first-order valence-corrected chi connectivity index (χ1v) is 31.7. The number of aliphatic hydroxyl groups excluding tert-OH is 1. The first kappa shape index (κ1) is 50.0. The van der Waals surface area contributed by atoms with Crippen molar-refractivity contribution in [1.29, 1.82) is 0 Å². The van der Waals surface area contributed by atoms with Crippen molar-refractivity contribution in [2.75, 3.05) is 197 Å². The van der Waals surface area contributed by atoms with Gasteiger partial charge in [0.1, 0.15) is 0 Å². The molecule has 0 aromatic heterocycles. The van der Waals surface area contributed by atoms with Crippen molar-refractivity contribution in [3.63, 3.8) is 0 Å². The third kappa shape index (κ3) is 16.7. The van der Waals surface area contributed by atoms with Crippen LogP contribution in [0.15, 0.2) is 0 Å². The van der Waals surface area contributed by atoms with Gasteiger partial charge in [-0.3, -0.25) is 19.6 Å². The normalized spacial score (nSPS) is 33.4. The molecule has 359 valence electrons. The molecule has 0 atom stereocenters. The van der Waals surface area contributed by atoms with E-state index in [1.54, 1.807) is 0 Å². The zero-order chi connectivity index (χ0) is 42.6. The first-order valence-electron chi connectivity index (χ1n) is 24.3. The first-order chi connectivity index (χ1) is 30.5. The maximum atomic E-state index is 9.38. The van der Waals surface area contributed by atoms with Gasteiger partial charge < -0.3 is 63.6 Å². The highest BCUT2D eigenvalue weighted by molar-refractivity contribution is 6.61. The SMILES string of the molecule is OCCN1CCO[Si](CCCN(CCCCN(CCC[Si]23OCCN(CCO2)CCO3)CCC[Si]23OCCN(CCO2)CCO3)CCC[Si]23OCCN(CCO2)CCO3)OCC1. The number of hydrogen-bond acceptors (Lipinski definition) is 18. The van der Waals surface area contributed by atoms with E-state index in [0.717, 1.165) is 174 Å². The number of β-amino-alcohol motifs (C(OH)–C–C–N with tert-alkyl or cyclic N) is 1. The van der Waals surface area contributed by atoms with E-state index in [4.69, 9.17) is 48.7 Å². The zero-order valence-corrected chi connectivity index (χ0v) is 41.9. The Balaban J connectivity index is 0.917. The largest absolute Gasteiger partial charge is 0.501 e. The van der Waals surface area contributed by atoms with Crippen molar-refractivity contribution in [3.8, 4) is 0 Å². The summed E-state index contributed by atoms with van der Waals surface area (Å²) in [4.78, 5) is 14.6. The van der Waals surface area contributed by atoms with E-state index in [1.807, 2.05) is 0 Å². The molecule has 10 aliphatic rings. The molecule has 0 aromatic rings. The van der Waals surface area contributed by atoms with Crippen molar-refractivity contribution in [2.45, 2.75) is 62.7 Å². The molecule has 10 fully saturated rings. The Morgan fingerprint density at radius 1 is 0.387 bits per heavy atom. The monoisotopic (exact) mass is 949 g/mol. The highest BCUT2D eigenvalue weighted by Crippen LogP contribution is 2.26. The van der Waals surface area contributed by atoms with Crippen LogP contribution in [-0.2, 0) is 48.7 Å². The summed E-state index contributed by atoms with van der Waals surface area (Å²) in [6, 6.07) is 3.56. The number of nitrogens with zero attached hydrogens (tertiary/aromatic N) is 6. The topological polar surface area (TPSA) is 141 Å². The smallest absolute Gasteiger partial charge is 0.395 e. The number of aliphatic hydroxyl groups is 1. The predicted molar refractivity (Wildman–Crippen MR) is 241 cm³/mol. The van der Waals surface area contributed by atoms with Gasteiger partial charge in [0, 0.05) is 110 Å². The Morgan fingerprint density at radius 2 is 0.694 bits per heavy atom. The lowest BCUT2D eigenvalue weighted by molar-refractivity contribution is -0.00967. The van der Waals surface area contributed by atoms with Gasteiger partial charge in [0.05, 0.1) is 66.1 Å². The van der Waals surface area contributed by atoms with Crippen molar-refractivity contribution < 1.29 is 53.8 Å². The van der Waals surface area contributed by atoms with Crippen molar-refractivity contribution in [1.82, 2.24) is 29.4 Å². The van der Waals surface area contributed by atoms with Crippen LogP contribution in [0.5, 0.6) is 0 Å². The van der Waals surface area contributed by atoms with Gasteiger partial charge in [-0.05, 0) is 83.8 Å². The van der Waals surface area contributed by atoms with E-state index in [-0.39, 0.29) is 6.61 Å². The molecule has 0 unspecified atom stereocenters. The summed E-state index contributed by atoms with van der Waals surface area (Å²) < 4.78 is 70.1. The molecule has 10 aliphatic heterocycles. The van der Waals surface area contributed by atoms with Gasteiger partial charge in [0.15, 0.2) is 0 Å². The minimum atomic E-state index is -2.68. The molecule has 0 aromatic carbocycles. The van der Waals surface area contributed by atoms with Crippen LogP contribution in [0.2, 0.25) is 24.2 Å². The third-order valence-corrected chi connectivity index (χ3v) is 23.8.